The van der Waals surface area contributed by atoms with Crippen LogP contribution < -0.4 is 10.1 Å². The summed E-state index contributed by atoms with van der Waals surface area (Å²) >= 11 is 0. The smallest absolute Gasteiger partial charge is 0.338 e. The minimum atomic E-state index is -0.389. The molecular weight excluding hydrogens is 322 g/mol. The quantitative estimate of drug-likeness (QED) is 0.781. The number of hydrogen-bond donors (Lipinski definition) is 1. The standard InChI is InChI=1S/C19H21NO5/c1-4-25-19(22)13-5-8-16(9-6-13)20-18(21)14-7-10-17(24-3)15(11-14)12-23-2/h5-11H,4,12H2,1-3H3,(H,20,21). The summed E-state index contributed by atoms with van der Waals surface area (Å²) in [7, 11) is 3.15. The van der Waals surface area contributed by atoms with E-state index in [2.05, 4.69) is 5.32 Å². The third-order valence-electron chi connectivity index (χ3n) is 3.50. The van der Waals surface area contributed by atoms with Crippen molar-refractivity contribution in [2.45, 2.75) is 13.5 Å². The van der Waals surface area contributed by atoms with Crippen LogP contribution in [0.2, 0.25) is 0 Å². The summed E-state index contributed by atoms with van der Waals surface area (Å²) in [5, 5.41) is 2.79. The van der Waals surface area contributed by atoms with Crippen LogP contribution >= 0.6 is 0 Å². The Morgan fingerprint density at radius 1 is 1.00 bits per heavy atom. The van der Waals surface area contributed by atoms with E-state index in [4.69, 9.17) is 14.2 Å². The number of anilines is 1. The van der Waals surface area contributed by atoms with E-state index in [1.807, 2.05) is 0 Å². The topological polar surface area (TPSA) is 73.9 Å². The molecule has 0 aromatic heterocycles. The van der Waals surface area contributed by atoms with Crippen LogP contribution in [0.3, 0.4) is 0 Å². The van der Waals surface area contributed by atoms with Crippen molar-refractivity contribution < 1.29 is 23.8 Å². The van der Waals surface area contributed by atoms with Gasteiger partial charge in [0.15, 0.2) is 0 Å². The van der Waals surface area contributed by atoms with Gasteiger partial charge in [0.1, 0.15) is 5.75 Å². The molecule has 6 nitrogen and oxygen atoms in total. The van der Waals surface area contributed by atoms with Crippen molar-refractivity contribution in [2.24, 2.45) is 0 Å². The number of nitrogens with one attached hydrogen (secondary N) is 1. The van der Waals surface area contributed by atoms with Crippen molar-refractivity contribution in [3.8, 4) is 5.75 Å². The van der Waals surface area contributed by atoms with Gasteiger partial charge in [-0.2, -0.15) is 0 Å². The highest BCUT2D eigenvalue weighted by Gasteiger charge is 2.11. The van der Waals surface area contributed by atoms with Gasteiger partial charge in [-0.1, -0.05) is 0 Å². The SMILES string of the molecule is CCOC(=O)c1ccc(NC(=O)c2ccc(OC)c(COC)c2)cc1. The van der Waals surface area contributed by atoms with Gasteiger partial charge in [-0.15, -0.1) is 0 Å². The molecule has 2 aromatic carbocycles. The van der Waals surface area contributed by atoms with Crippen molar-refractivity contribution in [2.75, 3.05) is 26.1 Å². The number of carbonyl (C=O) groups is 2. The van der Waals surface area contributed by atoms with E-state index >= 15 is 0 Å². The molecule has 0 bridgehead atoms. The normalized spacial score (nSPS) is 10.2. The fraction of sp³-hybridized carbons (Fsp3) is 0.263. The Morgan fingerprint density at radius 2 is 1.68 bits per heavy atom. The van der Waals surface area contributed by atoms with Gasteiger partial charge in [0.2, 0.25) is 0 Å². The zero-order valence-electron chi connectivity index (χ0n) is 14.5. The molecule has 2 aromatic rings. The van der Waals surface area contributed by atoms with Crippen LogP contribution in [0.1, 0.15) is 33.2 Å². The van der Waals surface area contributed by atoms with Crippen molar-refractivity contribution >= 4 is 17.6 Å². The summed E-state index contributed by atoms with van der Waals surface area (Å²) in [5.41, 5.74) is 2.30. The first-order valence-corrected chi connectivity index (χ1v) is 7.83. The summed E-state index contributed by atoms with van der Waals surface area (Å²) in [6.07, 6.45) is 0. The molecule has 25 heavy (non-hydrogen) atoms. The number of methoxy groups -OCH3 is 2. The van der Waals surface area contributed by atoms with E-state index in [-0.39, 0.29) is 11.9 Å². The van der Waals surface area contributed by atoms with Gasteiger partial charge in [0.05, 0.1) is 25.9 Å². The lowest BCUT2D eigenvalue weighted by Gasteiger charge is -2.11. The van der Waals surface area contributed by atoms with Crippen LogP contribution in [0.25, 0.3) is 0 Å². The maximum atomic E-state index is 12.4. The highest BCUT2D eigenvalue weighted by atomic mass is 16.5. The molecule has 0 aliphatic carbocycles. The molecule has 132 valence electrons. The average molecular weight is 343 g/mol. The number of carbonyl (C=O) groups excluding carboxylic acids is 2. The zero-order valence-corrected chi connectivity index (χ0v) is 14.5. The van der Waals surface area contributed by atoms with Crippen LogP contribution in [0.4, 0.5) is 5.69 Å². The van der Waals surface area contributed by atoms with Crippen molar-refractivity contribution in [3.63, 3.8) is 0 Å². The number of benzene rings is 2. The van der Waals surface area contributed by atoms with E-state index in [1.54, 1.807) is 63.6 Å². The molecule has 0 atom stereocenters. The van der Waals surface area contributed by atoms with Crippen LogP contribution in [0.5, 0.6) is 5.75 Å². The molecule has 0 radical (unpaired) electrons. The molecule has 0 saturated carbocycles. The lowest BCUT2D eigenvalue weighted by atomic mass is 10.1. The van der Waals surface area contributed by atoms with Crippen LogP contribution in [-0.2, 0) is 16.1 Å². The number of hydrogen-bond acceptors (Lipinski definition) is 5. The third kappa shape index (κ3) is 4.81. The summed E-state index contributed by atoms with van der Waals surface area (Å²) in [4.78, 5) is 24.0. The number of ether oxygens (including phenoxy) is 3. The first kappa shape index (κ1) is 18.5. The van der Waals surface area contributed by atoms with Gasteiger partial charge in [-0.05, 0) is 49.4 Å². The number of rotatable bonds is 7. The Morgan fingerprint density at radius 3 is 2.28 bits per heavy atom. The van der Waals surface area contributed by atoms with Gasteiger partial charge in [-0.25, -0.2) is 4.79 Å². The molecule has 6 heteroatoms. The molecule has 1 amide bonds. The highest BCUT2D eigenvalue weighted by Crippen LogP contribution is 2.21. The van der Waals surface area contributed by atoms with E-state index in [0.717, 1.165) is 5.56 Å². The molecule has 0 unspecified atom stereocenters. The third-order valence-corrected chi connectivity index (χ3v) is 3.50. The van der Waals surface area contributed by atoms with Crippen molar-refractivity contribution in [1.29, 1.82) is 0 Å². The molecule has 1 N–H and O–H groups in total. The van der Waals surface area contributed by atoms with Gasteiger partial charge in [0.25, 0.3) is 5.91 Å². The maximum Gasteiger partial charge on any atom is 0.338 e. The Kier molecular flexibility index (Phi) is 6.54. The predicted molar refractivity (Wildman–Crippen MR) is 94.1 cm³/mol. The van der Waals surface area contributed by atoms with Crippen molar-refractivity contribution in [1.82, 2.24) is 0 Å². The summed E-state index contributed by atoms with van der Waals surface area (Å²) in [6.45, 7) is 2.41. The van der Waals surface area contributed by atoms with Crippen LogP contribution in [0, 0.1) is 0 Å². The first-order valence-electron chi connectivity index (χ1n) is 7.83. The lowest BCUT2D eigenvalue weighted by Crippen LogP contribution is -2.13. The Bertz CT molecular complexity index is 740. The summed E-state index contributed by atoms with van der Waals surface area (Å²) < 4.78 is 15.3. The number of esters is 1. The average Bonchev–Trinajstić information content (AvgIpc) is 2.62. The molecule has 0 aliphatic heterocycles. The van der Waals surface area contributed by atoms with Gasteiger partial charge < -0.3 is 19.5 Å². The maximum absolute atomic E-state index is 12.4. The predicted octanol–water partition coefficient (Wildman–Crippen LogP) is 3.27. The molecule has 2 rings (SSSR count). The Hall–Kier alpha value is -2.86. The van der Waals surface area contributed by atoms with E-state index in [1.165, 1.54) is 0 Å². The van der Waals surface area contributed by atoms with E-state index in [9.17, 15) is 9.59 Å². The Labute approximate surface area is 146 Å². The second kappa shape index (κ2) is 8.84. The summed E-state index contributed by atoms with van der Waals surface area (Å²) in [5.74, 6) is 0.0146. The monoisotopic (exact) mass is 343 g/mol. The molecule has 0 saturated heterocycles. The molecule has 0 spiro atoms. The molecule has 0 heterocycles. The second-order valence-corrected chi connectivity index (χ2v) is 5.21. The van der Waals surface area contributed by atoms with Crippen LogP contribution in [-0.4, -0.2) is 32.7 Å². The molecule has 0 fully saturated rings. The minimum Gasteiger partial charge on any atom is -0.496 e. The second-order valence-electron chi connectivity index (χ2n) is 5.21. The number of amides is 1. The van der Waals surface area contributed by atoms with Gasteiger partial charge in [-0.3, -0.25) is 4.79 Å². The lowest BCUT2D eigenvalue weighted by molar-refractivity contribution is 0.0526. The van der Waals surface area contributed by atoms with E-state index < -0.39 is 0 Å². The fourth-order valence-corrected chi connectivity index (χ4v) is 2.30. The first-order chi connectivity index (χ1) is 12.1. The largest absolute Gasteiger partial charge is 0.496 e. The fourth-order valence-electron chi connectivity index (χ4n) is 2.30. The Balaban J connectivity index is 2.11. The summed E-state index contributed by atoms with van der Waals surface area (Å²) in [6, 6.07) is 11.7. The van der Waals surface area contributed by atoms with E-state index in [0.29, 0.717) is 35.8 Å². The van der Waals surface area contributed by atoms with Crippen molar-refractivity contribution in [3.05, 3.63) is 59.2 Å². The molecular formula is C19H21NO5. The van der Waals surface area contributed by atoms with Crippen LogP contribution in [0.15, 0.2) is 42.5 Å². The van der Waals surface area contributed by atoms with Gasteiger partial charge >= 0.3 is 5.97 Å². The zero-order chi connectivity index (χ0) is 18.2. The molecule has 0 aliphatic rings. The van der Waals surface area contributed by atoms with Gasteiger partial charge in [0, 0.05) is 23.9 Å². The highest BCUT2D eigenvalue weighted by molar-refractivity contribution is 6.04. The minimum absolute atomic E-state index is 0.260.